The molecule has 1 fully saturated rings. The van der Waals surface area contributed by atoms with Gasteiger partial charge in [0.15, 0.2) is 15.7 Å². The SMILES string of the molecule is CNCCc1nc(C2CCCS(=O)(=O)C2)no1. The highest BCUT2D eigenvalue weighted by molar-refractivity contribution is 7.91. The largest absolute Gasteiger partial charge is 0.339 e. The van der Waals surface area contributed by atoms with Crippen LogP contribution in [0.2, 0.25) is 0 Å². The van der Waals surface area contributed by atoms with Gasteiger partial charge in [-0.3, -0.25) is 0 Å². The van der Waals surface area contributed by atoms with Crippen molar-refractivity contribution in [1.82, 2.24) is 15.5 Å². The van der Waals surface area contributed by atoms with Crippen LogP contribution in [0.4, 0.5) is 0 Å². The molecule has 7 heteroatoms. The normalized spacial score (nSPS) is 23.7. The van der Waals surface area contributed by atoms with E-state index in [1.165, 1.54) is 0 Å². The lowest BCUT2D eigenvalue weighted by atomic mass is 10.1. The van der Waals surface area contributed by atoms with Gasteiger partial charge in [0.1, 0.15) is 0 Å². The van der Waals surface area contributed by atoms with E-state index in [4.69, 9.17) is 4.52 Å². The number of nitrogens with one attached hydrogen (secondary N) is 1. The molecular formula is C10H17N3O3S. The maximum absolute atomic E-state index is 11.5. The van der Waals surface area contributed by atoms with E-state index in [9.17, 15) is 8.42 Å². The van der Waals surface area contributed by atoms with E-state index in [0.717, 1.165) is 13.0 Å². The van der Waals surface area contributed by atoms with Gasteiger partial charge in [-0.1, -0.05) is 5.16 Å². The fraction of sp³-hybridized carbons (Fsp3) is 0.800. The van der Waals surface area contributed by atoms with E-state index in [0.29, 0.717) is 24.6 Å². The highest BCUT2D eigenvalue weighted by atomic mass is 32.2. The third-order valence-corrected chi connectivity index (χ3v) is 4.72. The minimum absolute atomic E-state index is 0.0964. The molecule has 1 aromatic rings. The molecule has 0 saturated carbocycles. The molecule has 0 amide bonds. The van der Waals surface area contributed by atoms with E-state index in [1.54, 1.807) is 0 Å². The molecule has 1 aliphatic heterocycles. The van der Waals surface area contributed by atoms with E-state index in [1.807, 2.05) is 7.05 Å². The van der Waals surface area contributed by atoms with Crippen LogP contribution in [0.15, 0.2) is 4.52 Å². The molecule has 1 unspecified atom stereocenters. The Kier molecular flexibility index (Phi) is 3.78. The molecule has 1 aromatic heterocycles. The fourth-order valence-electron chi connectivity index (χ4n) is 1.99. The Morgan fingerprint density at radius 3 is 3.06 bits per heavy atom. The average molecular weight is 259 g/mol. The molecule has 1 saturated heterocycles. The summed E-state index contributed by atoms with van der Waals surface area (Å²) in [6, 6.07) is 0. The molecule has 17 heavy (non-hydrogen) atoms. The Morgan fingerprint density at radius 1 is 1.53 bits per heavy atom. The van der Waals surface area contributed by atoms with Crippen molar-refractivity contribution < 1.29 is 12.9 Å². The number of hydrogen-bond acceptors (Lipinski definition) is 6. The quantitative estimate of drug-likeness (QED) is 0.827. The summed E-state index contributed by atoms with van der Waals surface area (Å²) in [5.41, 5.74) is 0. The summed E-state index contributed by atoms with van der Waals surface area (Å²) < 4.78 is 28.1. The zero-order chi connectivity index (χ0) is 12.3. The number of hydrogen-bond donors (Lipinski definition) is 1. The first-order valence-corrected chi connectivity index (χ1v) is 7.60. The minimum Gasteiger partial charge on any atom is -0.339 e. The van der Waals surface area contributed by atoms with Crippen molar-refractivity contribution in [3.05, 3.63) is 11.7 Å². The molecule has 2 heterocycles. The van der Waals surface area contributed by atoms with Gasteiger partial charge in [0, 0.05) is 18.9 Å². The highest BCUT2D eigenvalue weighted by Crippen LogP contribution is 2.26. The molecule has 1 atom stereocenters. The molecule has 2 rings (SSSR count). The molecule has 0 aromatic carbocycles. The van der Waals surface area contributed by atoms with Crippen molar-refractivity contribution in [3.8, 4) is 0 Å². The number of likely N-dealkylation sites (N-methyl/N-ethyl adjacent to an activating group) is 1. The summed E-state index contributed by atoms with van der Waals surface area (Å²) >= 11 is 0. The van der Waals surface area contributed by atoms with Gasteiger partial charge in [-0.05, 0) is 19.9 Å². The molecule has 0 aliphatic carbocycles. The first kappa shape index (κ1) is 12.5. The zero-order valence-electron chi connectivity index (χ0n) is 9.85. The van der Waals surface area contributed by atoms with Crippen molar-refractivity contribution in [2.24, 2.45) is 0 Å². The summed E-state index contributed by atoms with van der Waals surface area (Å²) in [5.74, 6) is 1.45. The third-order valence-electron chi connectivity index (χ3n) is 2.90. The third kappa shape index (κ3) is 3.26. The van der Waals surface area contributed by atoms with Crippen LogP contribution in [0.3, 0.4) is 0 Å². The monoisotopic (exact) mass is 259 g/mol. The minimum atomic E-state index is -2.92. The number of aromatic nitrogens is 2. The molecule has 0 radical (unpaired) electrons. The maximum atomic E-state index is 11.5. The lowest BCUT2D eigenvalue weighted by molar-refractivity contribution is 0.368. The summed E-state index contributed by atoms with van der Waals surface area (Å²) in [5, 5.41) is 6.87. The van der Waals surface area contributed by atoms with Gasteiger partial charge in [-0.15, -0.1) is 0 Å². The summed E-state index contributed by atoms with van der Waals surface area (Å²) in [6.45, 7) is 0.768. The molecule has 96 valence electrons. The Labute approximate surface area is 101 Å². The Hall–Kier alpha value is -0.950. The Bertz CT molecular complexity index is 469. The van der Waals surface area contributed by atoms with E-state index < -0.39 is 9.84 Å². The van der Waals surface area contributed by atoms with Crippen molar-refractivity contribution in [3.63, 3.8) is 0 Å². The Balaban J connectivity index is 2.04. The first-order chi connectivity index (χ1) is 8.11. The number of sulfone groups is 1. The van der Waals surface area contributed by atoms with Crippen LogP contribution in [0.1, 0.15) is 30.5 Å². The Morgan fingerprint density at radius 2 is 2.35 bits per heavy atom. The number of nitrogens with zero attached hydrogens (tertiary/aromatic N) is 2. The van der Waals surface area contributed by atoms with Crippen LogP contribution in [0.25, 0.3) is 0 Å². The first-order valence-electron chi connectivity index (χ1n) is 5.78. The van der Waals surface area contributed by atoms with Gasteiger partial charge in [-0.2, -0.15) is 4.98 Å². The van der Waals surface area contributed by atoms with Crippen LogP contribution in [-0.4, -0.2) is 43.7 Å². The molecule has 6 nitrogen and oxygen atoms in total. The van der Waals surface area contributed by atoms with Crippen LogP contribution < -0.4 is 5.32 Å². The highest BCUT2D eigenvalue weighted by Gasteiger charge is 2.29. The second kappa shape index (κ2) is 5.14. The zero-order valence-corrected chi connectivity index (χ0v) is 10.7. The topological polar surface area (TPSA) is 85.1 Å². The summed E-state index contributed by atoms with van der Waals surface area (Å²) in [7, 11) is -1.07. The van der Waals surface area contributed by atoms with E-state index in [2.05, 4.69) is 15.5 Å². The smallest absolute Gasteiger partial charge is 0.227 e. The molecule has 1 aliphatic rings. The fourth-order valence-corrected chi connectivity index (χ4v) is 3.70. The molecule has 0 bridgehead atoms. The van der Waals surface area contributed by atoms with Gasteiger partial charge >= 0.3 is 0 Å². The van der Waals surface area contributed by atoms with E-state index in [-0.39, 0.29) is 17.4 Å². The van der Waals surface area contributed by atoms with Crippen LogP contribution >= 0.6 is 0 Å². The second-order valence-electron chi connectivity index (χ2n) is 4.35. The maximum Gasteiger partial charge on any atom is 0.227 e. The molecule has 1 N–H and O–H groups in total. The van der Waals surface area contributed by atoms with Gasteiger partial charge in [0.2, 0.25) is 5.89 Å². The van der Waals surface area contributed by atoms with Crippen LogP contribution in [0.5, 0.6) is 0 Å². The average Bonchev–Trinajstić information content (AvgIpc) is 2.73. The summed E-state index contributed by atoms with van der Waals surface area (Å²) in [4.78, 5) is 4.25. The summed E-state index contributed by atoms with van der Waals surface area (Å²) in [6.07, 6.45) is 2.18. The van der Waals surface area contributed by atoms with Crippen LogP contribution in [-0.2, 0) is 16.3 Å². The molecular weight excluding hydrogens is 242 g/mol. The van der Waals surface area contributed by atoms with E-state index >= 15 is 0 Å². The van der Waals surface area contributed by atoms with Gasteiger partial charge in [0.05, 0.1) is 11.5 Å². The lowest BCUT2D eigenvalue weighted by Gasteiger charge is -2.18. The van der Waals surface area contributed by atoms with Crippen LogP contribution in [0, 0.1) is 0 Å². The predicted molar refractivity (Wildman–Crippen MR) is 62.6 cm³/mol. The van der Waals surface area contributed by atoms with Crippen molar-refractivity contribution in [1.29, 1.82) is 0 Å². The van der Waals surface area contributed by atoms with Gasteiger partial charge in [-0.25, -0.2) is 8.42 Å². The van der Waals surface area contributed by atoms with Gasteiger partial charge < -0.3 is 9.84 Å². The van der Waals surface area contributed by atoms with Gasteiger partial charge in [0.25, 0.3) is 0 Å². The predicted octanol–water partition coefficient (Wildman–Crippen LogP) is 0.124. The number of rotatable bonds is 4. The van der Waals surface area contributed by atoms with Crippen molar-refractivity contribution in [2.45, 2.75) is 25.2 Å². The molecule has 0 spiro atoms. The standard InChI is InChI=1S/C10H17N3O3S/c1-11-5-4-9-12-10(13-16-9)8-3-2-6-17(14,15)7-8/h8,11H,2-7H2,1H3. The van der Waals surface area contributed by atoms with Crippen molar-refractivity contribution >= 4 is 9.84 Å². The van der Waals surface area contributed by atoms with Crippen molar-refractivity contribution in [2.75, 3.05) is 25.1 Å². The second-order valence-corrected chi connectivity index (χ2v) is 6.58. The lowest BCUT2D eigenvalue weighted by Crippen LogP contribution is -2.24.